The van der Waals surface area contributed by atoms with E-state index in [0.717, 1.165) is 77.7 Å². The number of nitrogens with one attached hydrogen (secondary N) is 3. The van der Waals surface area contributed by atoms with Crippen LogP contribution in [0, 0.1) is 34.8 Å². The minimum absolute atomic E-state index is 0.0430. The lowest BCUT2D eigenvalue weighted by atomic mass is 9.77. The smallest absolute Gasteiger partial charge is 0.319 e. The highest BCUT2D eigenvalue weighted by Gasteiger charge is 2.49. The number of likely N-dealkylation sites (tertiary alicyclic amines) is 1. The van der Waals surface area contributed by atoms with Crippen LogP contribution in [0.2, 0.25) is 0 Å². The molecule has 5 saturated heterocycles. The maximum absolute atomic E-state index is 17.1. The highest BCUT2D eigenvalue weighted by atomic mass is 19.1. The molecular formula is C52H60F3N9O3. The van der Waals surface area contributed by atoms with Gasteiger partial charge in [-0.3, -0.25) is 9.78 Å². The van der Waals surface area contributed by atoms with Gasteiger partial charge in [-0.25, -0.2) is 13.2 Å². The summed E-state index contributed by atoms with van der Waals surface area (Å²) in [7, 11) is 0. The zero-order valence-corrected chi connectivity index (χ0v) is 38.5. The average molecular weight is 916 g/mol. The number of carbonyl (C=O) groups excluding carboxylic acids is 1. The number of terminal acetylenes is 1. The molecule has 3 atom stereocenters. The molecule has 2 bridgehead atoms. The second kappa shape index (κ2) is 18.0. The van der Waals surface area contributed by atoms with E-state index in [2.05, 4.69) is 48.1 Å². The number of phenolic OH excluding ortho intramolecular Hbond substituents is 1. The number of amides is 1. The van der Waals surface area contributed by atoms with Gasteiger partial charge in [0.05, 0.1) is 23.3 Å². The number of rotatable bonds is 10. The first kappa shape index (κ1) is 45.0. The van der Waals surface area contributed by atoms with Crippen LogP contribution in [-0.2, 0) is 11.2 Å². The number of ether oxygens (including phenoxy) is 1. The Kier molecular flexibility index (Phi) is 12.1. The topological polar surface area (TPSA) is 131 Å². The fourth-order valence-corrected chi connectivity index (χ4v) is 11.5. The minimum Gasteiger partial charge on any atom is -0.508 e. The summed E-state index contributed by atoms with van der Waals surface area (Å²) in [4.78, 5) is 33.5. The third kappa shape index (κ3) is 8.79. The van der Waals surface area contributed by atoms with Crippen LogP contribution in [-0.4, -0.2) is 101 Å². The zero-order chi connectivity index (χ0) is 46.6. The van der Waals surface area contributed by atoms with E-state index in [0.29, 0.717) is 90.4 Å². The van der Waals surface area contributed by atoms with Crippen LogP contribution in [0.3, 0.4) is 0 Å². The van der Waals surface area contributed by atoms with Crippen molar-refractivity contribution in [1.82, 2.24) is 30.5 Å². The first-order chi connectivity index (χ1) is 32.4. The van der Waals surface area contributed by atoms with E-state index in [1.807, 2.05) is 26.0 Å². The molecule has 0 radical (unpaired) electrons. The number of aromatic nitrogens is 3. The number of anilines is 3. The molecule has 6 fully saturated rings. The van der Waals surface area contributed by atoms with Crippen molar-refractivity contribution in [3.8, 4) is 35.4 Å². The fourth-order valence-electron chi connectivity index (χ4n) is 11.5. The molecule has 2 aliphatic carbocycles. The molecule has 1 amide bonds. The quantitative estimate of drug-likeness (QED) is 0.115. The number of halogens is 3. The Morgan fingerprint density at radius 2 is 1.73 bits per heavy atom. The van der Waals surface area contributed by atoms with Crippen LogP contribution in [0.5, 0.6) is 11.8 Å². The van der Waals surface area contributed by atoms with Crippen LogP contribution >= 0.6 is 0 Å². The third-order valence-corrected chi connectivity index (χ3v) is 15.2. The van der Waals surface area contributed by atoms with Crippen molar-refractivity contribution in [2.24, 2.45) is 10.8 Å². The number of aryl methyl sites for hydroxylation is 1. The maximum atomic E-state index is 17.1. The molecule has 11 rings (SSSR count). The molecule has 7 heterocycles. The van der Waals surface area contributed by atoms with Crippen molar-refractivity contribution < 1.29 is 27.8 Å². The molecule has 4 N–H and O–H groups in total. The summed E-state index contributed by atoms with van der Waals surface area (Å²) in [6.07, 6.45) is 16.3. The molecule has 3 unspecified atom stereocenters. The second-order valence-corrected chi connectivity index (χ2v) is 19.7. The molecule has 7 aliphatic rings. The normalized spacial score (nSPS) is 24.0. The monoisotopic (exact) mass is 915 g/mol. The molecule has 5 aliphatic heterocycles. The van der Waals surface area contributed by atoms with Gasteiger partial charge in [0, 0.05) is 91.9 Å². The van der Waals surface area contributed by atoms with Crippen LogP contribution in [0.15, 0.2) is 54.6 Å². The van der Waals surface area contributed by atoms with Gasteiger partial charge >= 0.3 is 6.01 Å². The lowest BCUT2D eigenvalue weighted by molar-refractivity contribution is -0.122. The average Bonchev–Trinajstić information content (AvgIpc) is 3.86. The fraction of sp³-hybridized carbons (Fsp3) is 0.500. The summed E-state index contributed by atoms with van der Waals surface area (Å²) in [6, 6.07) is 8.38. The number of hydrogen-bond donors (Lipinski definition) is 4. The minimum atomic E-state index is -0.715. The molecule has 2 aromatic heterocycles. The van der Waals surface area contributed by atoms with Crippen LogP contribution in [0.25, 0.3) is 27.7 Å². The van der Waals surface area contributed by atoms with E-state index in [1.54, 1.807) is 12.3 Å². The van der Waals surface area contributed by atoms with Gasteiger partial charge in [0.25, 0.3) is 0 Å². The largest absolute Gasteiger partial charge is 0.508 e. The van der Waals surface area contributed by atoms with Crippen molar-refractivity contribution in [2.45, 2.75) is 103 Å². The van der Waals surface area contributed by atoms with E-state index in [1.165, 1.54) is 12.1 Å². The Hall–Kier alpha value is -5.85. The number of aromatic hydroxyl groups is 1. The van der Waals surface area contributed by atoms with Crippen molar-refractivity contribution in [3.63, 3.8) is 0 Å². The Morgan fingerprint density at radius 3 is 2.45 bits per heavy atom. The predicted octanol–water partition coefficient (Wildman–Crippen LogP) is 8.26. The molecule has 15 heteroatoms. The number of piperidine rings is 2. The van der Waals surface area contributed by atoms with Gasteiger partial charge in [-0.1, -0.05) is 26.3 Å². The highest BCUT2D eigenvalue weighted by molar-refractivity contribution is 5.96. The number of allylic oxidation sites excluding steroid dienone is 3. The van der Waals surface area contributed by atoms with Crippen LogP contribution in [0.4, 0.5) is 30.4 Å². The second-order valence-electron chi connectivity index (χ2n) is 19.7. The van der Waals surface area contributed by atoms with Gasteiger partial charge in [0.2, 0.25) is 5.91 Å². The molecule has 1 spiro atoms. The summed E-state index contributed by atoms with van der Waals surface area (Å²) in [5, 5.41) is 20.8. The number of piperazine rings is 1. The van der Waals surface area contributed by atoms with E-state index < -0.39 is 17.7 Å². The molecule has 2 aromatic carbocycles. The van der Waals surface area contributed by atoms with Gasteiger partial charge < -0.3 is 40.5 Å². The lowest BCUT2D eigenvalue weighted by Gasteiger charge is -2.40. The lowest BCUT2D eigenvalue weighted by Crippen LogP contribution is -2.51. The molecular weight excluding hydrogens is 856 g/mol. The number of hydrogen-bond acceptors (Lipinski definition) is 11. The van der Waals surface area contributed by atoms with E-state index in [4.69, 9.17) is 21.1 Å². The maximum Gasteiger partial charge on any atom is 0.319 e. The number of pyridine rings is 1. The van der Waals surface area contributed by atoms with Crippen LogP contribution < -0.4 is 30.5 Å². The van der Waals surface area contributed by atoms with Gasteiger partial charge in [-0.05, 0) is 112 Å². The Labute approximate surface area is 390 Å². The molecule has 352 valence electrons. The number of nitrogens with zero attached hydrogens (tertiary/aromatic N) is 6. The highest BCUT2D eigenvalue weighted by Crippen LogP contribution is 2.50. The zero-order valence-electron chi connectivity index (χ0n) is 38.5. The van der Waals surface area contributed by atoms with Crippen molar-refractivity contribution >= 4 is 39.6 Å². The number of phenols is 1. The summed E-state index contributed by atoms with van der Waals surface area (Å²) < 4.78 is 54.3. The molecule has 1 saturated carbocycles. The Morgan fingerprint density at radius 1 is 0.970 bits per heavy atom. The summed E-state index contributed by atoms with van der Waals surface area (Å²) >= 11 is 0. The first-order valence-corrected chi connectivity index (χ1v) is 24.2. The summed E-state index contributed by atoms with van der Waals surface area (Å²) in [5.41, 5.74) is 3.21. The SMILES string of the molecule is C#CC1=C(F)CCc2cc(O)cc(-c3ncc4c(N5CC6CCC(C5)N6)nc(OCC5(CN6CCC7(CCN(c8ccc(NC9CCC(=C)NC9=O)cc8F)CC7)C6)CC5)nc4c3F)c21.CC. The summed E-state index contributed by atoms with van der Waals surface area (Å²) in [6.45, 7) is 14.0. The Bertz CT molecular complexity index is 2680. The Balaban J connectivity index is 0.00000259. The van der Waals surface area contributed by atoms with E-state index in [9.17, 15) is 9.90 Å². The summed E-state index contributed by atoms with van der Waals surface area (Å²) in [5.74, 6) is 1.34. The molecule has 67 heavy (non-hydrogen) atoms. The van der Waals surface area contributed by atoms with Gasteiger partial charge in [0.15, 0.2) is 5.82 Å². The van der Waals surface area contributed by atoms with Gasteiger partial charge in [-0.15, -0.1) is 6.42 Å². The number of carbonyl (C=O) groups is 1. The van der Waals surface area contributed by atoms with Gasteiger partial charge in [-0.2, -0.15) is 9.97 Å². The van der Waals surface area contributed by atoms with Crippen LogP contribution in [0.1, 0.15) is 89.2 Å². The molecule has 4 aromatic rings. The predicted molar refractivity (Wildman–Crippen MR) is 256 cm³/mol. The molecule has 12 nitrogen and oxygen atoms in total. The van der Waals surface area contributed by atoms with Gasteiger partial charge in [0.1, 0.15) is 40.5 Å². The van der Waals surface area contributed by atoms with Crippen molar-refractivity contribution in [1.29, 1.82) is 0 Å². The third-order valence-electron chi connectivity index (χ3n) is 15.2. The van der Waals surface area contributed by atoms with E-state index in [-0.39, 0.29) is 63.1 Å². The van der Waals surface area contributed by atoms with Crippen molar-refractivity contribution in [3.05, 3.63) is 77.4 Å². The van der Waals surface area contributed by atoms with Crippen molar-refractivity contribution in [2.75, 3.05) is 67.5 Å². The number of benzene rings is 2. The van der Waals surface area contributed by atoms with E-state index >= 15 is 13.2 Å². The number of fused-ring (bicyclic) bond motifs is 4. The first-order valence-electron chi connectivity index (χ1n) is 24.2. The standard InChI is InChI=1S/C50H54F3N9O3.C2H6/c1-3-35-38(51)9-5-30-20-34(63)22-36(42(30)35)44-43(53)45-37(23-54-44)46(62-24-32-6-7-33(25-62)56-32)59-48(58-45)65-28-50(12-13-50)27-60-17-14-49(26-60)15-18-61(19-16-49)41-11-8-31(21-39(41)52)57-40-10-4-29(2)55-47(40)64;1-2/h1,8,11,20-23,32-33,40,56-57,63H,2,4-7,9-10,12-19,24-28H2,(H,55,64);1-2H3.